The lowest BCUT2D eigenvalue weighted by molar-refractivity contribution is 0.0519. The van der Waals surface area contributed by atoms with Gasteiger partial charge in [0, 0.05) is 7.05 Å². The predicted octanol–water partition coefficient (Wildman–Crippen LogP) is 2.49. The molecule has 0 unspecified atom stereocenters. The number of carbonyl (C=O) groups is 1. The van der Waals surface area contributed by atoms with Gasteiger partial charge in [-0.2, -0.15) is 10.2 Å². The summed E-state index contributed by atoms with van der Waals surface area (Å²) >= 11 is 0. The lowest BCUT2D eigenvalue weighted by Gasteiger charge is -2.15. The van der Waals surface area contributed by atoms with Gasteiger partial charge in [0.25, 0.3) is 0 Å². The molecule has 6 nitrogen and oxygen atoms in total. The molecule has 2 aromatic rings. The van der Waals surface area contributed by atoms with Gasteiger partial charge in [-0.3, -0.25) is 4.90 Å². The first kappa shape index (κ1) is 13.6. The zero-order valence-corrected chi connectivity index (χ0v) is 11.2. The van der Waals surface area contributed by atoms with E-state index in [4.69, 9.17) is 14.4 Å². The second-order valence-electron chi connectivity index (χ2n) is 3.92. The van der Waals surface area contributed by atoms with E-state index < -0.39 is 5.97 Å². The Balaban J connectivity index is 2.28. The Morgan fingerprint density at radius 3 is 2.95 bits per heavy atom. The summed E-state index contributed by atoms with van der Waals surface area (Å²) in [6, 6.07) is 9.36. The molecular formula is C14H13N3O3. The van der Waals surface area contributed by atoms with Gasteiger partial charge >= 0.3 is 12.0 Å². The van der Waals surface area contributed by atoms with Gasteiger partial charge in [-0.15, -0.1) is 0 Å². The number of esters is 1. The highest BCUT2D eigenvalue weighted by Gasteiger charge is 2.18. The minimum absolute atomic E-state index is 0.100. The van der Waals surface area contributed by atoms with Gasteiger partial charge in [-0.05, 0) is 19.1 Å². The third-order valence-electron chi connectivity index (χ3n) is 2.65. The molecule has 6 heteroatoms. The molecule has 1 aromatic carbocycles. The van der Waals surface area contributed by atoms with E-state index in [-0.39, 0.29) is 18.3 Å². The zero-order chi connectivity index (χ0) is 14.5. The van der Waals surface area contributed by atoms with Gasteiger partial charge in [-0.1, -0.05) is 12.1 Å². The molecule has 2 rings (SSSR count). The lowest BCUT2D eigenvalue weighted by Crippen LogP contribution is -2.12. The van der Waals surface area contributed by atoms with E-state index in [0.717, 1.165) is 0 Å². The number of benzene rings is 1. The lowest BCUT2D eigenvalue weighted by atomic mass is 10.2. The summed E-state index contributed by atoms with van der Waals surface area (Å²) in [7, 11) is 1.71. The third kappa shape index (κ3) is 2.62. The van der Waals surface area contributed by atoms with Gasteiger partial charge in [-0.25, -0.2) is 4.79 Å². The number of para-hydroxylation sites is 1. The molecule has 0 aliphatic carbocycles. The third-order valence-corrected chi connectivity index (χ3v) is 2.65. The summed E-state index contributed by atoms with van der Waals surface area (Å²) in [6.45, 7) is 1.99. The normalized spacial score (nSPS) is 9.85. The van der Waals surface area contributed by atoms with Gasteiger partial charge in [0.15, 0.2) is 5.69 Å². The molecule has 0 saturated carbocycles. The van der Waals surface area contributed by atoms with Crippen molar-refractivity contribution in [3.05, 3.63) is 41.8 Å². The van der Waals surface area contributed by atoms with Crippen molar-refractivity contribution in [2.45, 2.75) is 6.92 Å². The summed E-state index contributed by atoms with van der Waals surface area (Å²) in [6.07, 6.45) is 1.23. The van der Waals surface area contributed by atoms with E-state index >= 15 is 0 Å². The predicted molar refractivity (Wildman–Crippen MR) is 71.7 cm³/mol. The van der Waals surface area contributed by atoms with E-state index in [0.29, 0.717) is 11.3 Å². The summed E-state index contributed by atoms with van der Waals surface area (Å²) in [5.74, 6) is -0.538. The number of rotatable bonds is 4. The molecule has 1 heterocycles. The Labute approximate surface area is 116 Å². The standard InChI is InChI=1S/C14H13N3O3/c1-3-19-13(18)11-9-20-14(16-11)17(2)12-7-5-4-6-10(12)8-15/h4-7,9H,3H2,1-2H3. The van der Waals surface area contributed by atoms with Crippen LogP contribution in [0.3, 0.4) is 0 Å². The van der Waals surface area contributed by atoms with E-state index in [1.165, 1.54) is 6.26 Å². The summed E-state index contributed by atoms with van der Waals surface area (Å²) in [4.78, 5) is 17.2. The topological polar surface area (TPSA) is 79.4 Å². The van der Waals surface area contributed by atoms with Crippen molar-refractivity contribution >= 4 is 17.7 Å². The second-order valence-corrected chi connectivity index (χ2v) is 3.92. The van der Waals surface area contributed by atoms with E-state index in [2.05, 4.69) is 11.1 Å². The Hall–Kier alpha value is -2.81. The maximum absolute atomic E-state index is 11.5. The van der Waals surface area contributed by atoms with Gasteiger partial charge < -0.3 is 9.15 Å². The van der Waals surface area contributed by atoms with Crippen LogP contribution in [0.4, 0.5) is 11.7 Å². The molecule has 0 saturated heterocycles. The first-order valence-corrected chi connectivity index (χ1v) is 6.03. The molecule has 102 valence electrons. The number of ether oxygens (including phenoxy) is 1. The van der Waals surface area contributed by atoms with Crippen LogP contribution in [0.1, 0.15) is 23.0 Å². The molecule has 1 aromatic heterocycles. The average molecular weight is 271 g/mol. The first-order chi connectivity index (χ1) is 9.67. The van der Waals surface area contributed by atoms with E-state index in [1.54, 1.807) is 37.1 Å². The Bertz CT molecular complexity index is 658. The number of carbonyl (C=O) groups excluding carboxylic acids is 1. The number of oxazole rings is 1. The average Bonchev–Trinajstić information content (AvgIpc) is 2.96. The van der Waals surface area contributed by atoms with Crippen LogP contribution in [0.2, 0.25) is 0 Å². The quantitative estimate of drug-likeness (QED) is 0.795. The largest absolute Gasteiger partial charge is 0.461 e. The highest BCUT2D eigenvalue weighted by molar-refractivity contribution is 5.87. The minimum atomic E-state index is -0.538. The molecular weight excluding hydrogens is 258 g/mol. The molecule has 0 aliphatic rings. The Kier molecular flexibility index (Phi) is 4.01. The van der Waals surface area contributed by atoms with Gasteiger partial charge in [0.1, 0.15) is 12.3 Å². The van der Waals surface area contributed by atoms with E-state index in [1.807, 2.05) is 6.07 Å². The fourth-order valence-corrected chi connectivity index (χ4v) is 1.68. The summed E-state index contributed by atoms with van der Waals surface area (Å²) in [5, 5.41) is 9.08. The number of anilines is 2. The number of aromatic nitrogens is 1. The Morgan fingerprint density at radius 1 is 1.50 bits per heavy atom. The van der Waals surface area contributed by atoms with Crippen molar-refractivity contribution in [3.63, 3.8) is 0 Å². The Morgan fingerprint density at radius 2 is 2.25 bits per heavy atom. The zero-order valence-electron chi connectivity index (χ0n) is 11.2. The monoisotopic (exact) mass is 271 g/mol. The molecule has 20 heavy (non-hydrogen) atoms. The molecule has 0 bridgehead atoms. The van der Waals surface area contributed by atoms with Crippen LogP contribution < -0.4 is 4.90 Å². The van der Waals surface area contributed by atoms with Crippen molar-refractivity contribution in [3.8, 4) is 6.07 Å². The van der Waals surface area contributed by atoms with Crippen molar-refractivity contribution in [1.82, 2.24) is 4.98 Å². The van der Waals surface area contributed by atoms with Crippen molar-refractivity contribution in [1.29, 1.82) is 5.26 Å². The number of nitrogens with zero attached hydrogens (tertiary/aromatic N) is 3. The van der Waals surface area contributed by atoms with Crippen LogP contribution in [-0.2, 0) is 4.74 Å². The van der Waals surface area contributed by atoms with Crippen LogP contribution >= 0.6 is 0 Å². The summed E-state index contributed by atoms with van der Waals surface area (Å²) < 4.78 is 10.1. The number of hydrogen-bond acceptors (Lipinski definition) is 6. The van der Waals surface area contributed by atoms with Crippen LogP contribution in [0, 0.1) is 11.3 Å². The summed E-state index contributed by atoms with van der Waals surface area (Å²) in [5.41, 5.74) is 1.24. The van der Waals surface area contributed by atoms with Crippen molar-refractivity contribution < 1.29 is 13.9 Å². The highest BCUT2D eigenvalue weighted by Crippen LogP contribution is 2.25. The molecule has 0 atom stereocenters. The molecule has 0 spiro atoms. The van der Waals surface area contributed by atoms with Gasteiger partial charge in [0.05, 0.1) is 17.9 Å². The van der Waals surface area contributed by atoms with Gasteiger partial charge in [0.2, 0.25) is 0 Å². The van der Waals surface area contributed by atoms with Crippen molar-refractivity contribution in [2.75, 3.05) is 18.6 Å². The van der Waals surface area contributed by atoms with Crippen LogP contribution in [0.15, 0.2) is 34.9 Å². The number of nitriles is 1. The fraction of sp³-hybridized carbons (Fsp3) is 0.214. The smallest absolute Gasteiger partial charge is 0.360 e. The molecule has 0 aliphatic heterocycles. The van der Waals surface area contributed by atoms with Crippen LogP contribution in [-0.4, -0.2) is 24.6 Å². The maximum atomic E-state index is 11.5. The SMILES string of the molecule is CCOC(=O)c1coc(N(C)c2ccccc2C#N)n1. The minimum Gasteiger partial charge on any atom is -0.461 e. The second kappa shape index (κ2) is 5.89. The fourth-order valence-electron chi connectivity index (χ4n) is 1.68. The first-order valence-electron chi connectivity index (χ1n) is 6.03. The van der Waals surface area contributed by atoms with Crippen LogP contribution in [0.5, 0.6) is 0 Å². The molecule has 0 amide bonds. The highest BCUT2D eigenvalue weighted by atomic mass is 16.5. The molecule has 0 N–H and O–H groups in total. The molecule has 0 radical (unpaired) electrons. The molecule has 0 fully saturated rings. The van der Waals surface area contributed by atoms with E-state index in [9.17, 15) is 4.79 Å². The van der Waals surface area contributed by atoms with Crippen LogP contribution in [0.25, 0.3) is 0 Å². The van der Waals surface area contributed by atoms with Crippen molar-refractivity contribution in [2.24, 2.45) is 0 Å². The number of hydrogen-bond donors (Lipinski definition) is 0. The maximum Gasteiger partial charge on any atom is 0.360 e.